The SMILES string of the molecule is CCC1CN(Cc2cc(CNC(C)(C)C)co2)CCO1. The van der Waals surface area contributed by atoms with E-state index in [0.717, 1.165) is 45.0 Å². The van der Waals surface area contributed by atoms with Crippen molar-refractivity contribution in [3.8, 4) is 0 Å². The van der Waals surface area contributed by atoms with E-state index in [-0.39, 0.29) is 5.54 Å². The van der Waals surface area contributed by atoms with Gasteiger partial charge >= 0.3 is 0 Å². The Kier molecular flexibility index (Phi) is 5.24. The van der Waals surface area contributed by atoms with Crippen LogP contribution < -0.4 is 5.32 Å². The van der Waals surface area contributed by atoms with Gasteiger partial charge in [-0.1, -0.05) is 6.92 Å². The molecule has 0 amide bonds. The molecular weight excluding hydrogens is 252 g/mol. The Labute approximate surface area is 122 Å². The maximum absolute atomic E-state index is 5.69. The second-order valence-electron chi connectivity index (χ2n) is 6.66. The molecule has 1 fully saturated rings. The molecular formula is C16H28N2O2. The van der Waals surface area contributed by atoms with Gasteiger partial charge in [0.05, 0.1) is 25.5 Å². The number of nitrogens with zero attached hydrogens (tertiary/aromatic N) is 1. The summed E-state index contributed by atoms with van der Waals surface area (Å²) in [6.07, 6.45) is 3.32. The van der Waals surface area contributed by atoms with Crippen LogP contribution in [0.4, 0.5) is 0 Å². The standard InChI is InChI=1S/C16H28N2O2/c1-5-14-10-18(6-7-19-14)11-15-8-13(12-20-15)9-17-16(2,3)4/h8,12,14,17H,5-7,9-11H2,1-4H3. The molecule has 1 atom stereocenters. The maximum atomic E-state index is 5.69. The fourth-order valence-electron chi connectivity index (χ4n) is 2.36. The first-order valence-corrected chi connectivity index (χ1v) is 7.61. The van der Waals surface area contributed by atoms with Gasteiger partial charge in [0.15, 0.2) is 0 Å². The molecule has 4 heteroatoms. The number of hydrogen-bond acceptors (Lipinski definition) is 4. The minimum Gasteiger partial charge on any atom is -0.468 e. The lowest BCUT2D eigenvalue weighted by Gasteiger charge is -2.31. The number of nitrogens with one attached hydrogen (secondary N) is 1. The number of ether oxygens (including phenoxy) is 1. The molecule has 0 aliphatic carbocycles. The molecule has 1 aromatic heterocycles. The van der Waals surface area contributed by atoms with Crippen LogP contribution in [0.15, 0.2) is 16.7 Å². The average Bonchev–Trinajstić information content (AvgIpc) is 2.83. The highest BCUT2D eigenvalue weighted by molar-refractivity contribution is 5.13. The Bertz CT molecular complexity index is 409. The molecule has 0 saturated carbocycles. The van der Waals surface area contributed by atoms with Gasteiger partial charge in [0.25, 0.3) is 0 Å². The van der Waals surface area contributed by atoms with Crippen LogP contribution in [0, 0.1) is 0 Å². The van der Waals surface area contributed by atoms with Gasteiger partial charge in [-0.2, -0.15) is 0 Å². The zero-order valence-corrected chi connectivity index (χ0v) is 13.2. The van der Waals surface area contributed by atoms with Crippen LogP contribution in [0.25, 0.3) is 0 Å². The first-order chi connectivity index (χ1) is 9.46. The topological polar surface area (TPSA) is 37.6 Å². The van der Waals surface area contributed by atoms with E-state index < -0.39 is 0 Å². The number of furan rings is 1. The summed E-state index contributed by atoms with van der Waals surface area (Å²) in [6, 6.07) is 2.16. The van der Waals surface area contributed by atoms with E-state index in [1.54, 1.807) is 0 Å². The number of hydrogen-bond donors (Lipinski definition) is 1. The highest BCUT2D eigenvalue weighted by atomic mass is 16.5. The normalized spacial score (nSPS) is 21.3. The fourth-order valence-corrected chi connectivity index (χ4v) is 2.36. The molecule has 0 spiro atoms. The average molecular weight is 280 g/mol. The van der Waals surface area contributed by atoms with Gasteiger partial charge in [0.1, 0.15) is 5.76 Å². The fraction of sp³-hybridized carbons (Fsp3) is 0.750. The summed E-state index contributed by atoms with van der Waals surface area (Å²) in [5.41, 5.74) is 1.35. The lowest BCUT2D eigenvalue weighted by molar-refractivity contribution is -0.0341. The van der Waals surface area contributed by atoms with Crippen molar-refractivity contribution < 1.29 is 9.15 Å². The van der Waals surface area contributed by atoms with Crippen molar-refractivity contribution >= 4 is 0 Å². The minimum absolute atomic E-state index is 0.135. The highest BCUT2D eigenvalue weighted by Gasteiger charge is 2.20. The van der Waals surface area contributed by atoms with Crippen molar-refractivity contribution in [2.75, 3.05) is 19.7 Å². The Hall–Kier alpha value is -0.840. The summed E-state index contributed by atoms with van der Waals surface area (Å²) < 4.78 is 11.4. The van der Waals surface area contributed by atoms with Gasteiger partial charge in [-0.25, -0.2) is 0 Å². The van der Waals surface area contributed by atoms with Gasteiger partial charge in [-0.05, 0) is 33.3 Å². The molecule has 4 nitrogen and oxygen atoms in total. The van der Waals surface area contributed by atoms with Crippen LogP contribution in [-0.2, 0) is 17.8 Å². The summed E-state index contributed by atoms with van der Waals surface area (Å²) >= 11 is 0. The van der Waals surface area contributed by atoms with E-state index in [1.807, 2.05) is 6.26 Å². The van der Waals surface area contributed by atoms with Gasteiger partial charge < -0.3 is 14.5 Å². The third-order valence-corrected chi connectivity index (χ3v) is 3.59. The first-order valence-electron chi connectivity index (χ1n) is 7.61. The van der Waals surface area contributed by atoms with Crippen molar-refractivity contribution in [1.82, 2.24) is 10.2 Å². The summed E-state index contributed by atoms with van der Waals surface area (Å²) in [5, 5.41) is 3.48. The van der Waals surface area contributed by atoms with E-state index in [4.69, 9.17) is 9.15 Å². The molecule has 1 aliphatic heterocycles. The van der Waals surface area contributed by atoms with Gasteiger partial charge in [0.2, 0.25) is 0 Å². The monoisotopic (exact) mass is 280 g/mol. The maximum Gasteiger partial charge on any atom is 0.118 e. The Balaban J connectivity index is 1.83. The number of morpholine rings is 1. The van der Waals surface area contributed by atoms with E-state index in [9.17, 15) is 0 Å². The van der Waals surface area contributed by atoms with E-state index in [1.165, 1.54) is 5.56 Å². The molecule has 114 valence electrons. The third kappa shape index (κ3) is 4.93. The molecule has 1 aromatic rings. The van der Waals surface area contributed by atoms with Crippen molar-refractivity contribution in [3.63, 3.8) is 0 Å². The van der Waals surface area contributed by atoms with E-state index >= 15 is 0 Å². The predicted molar refractivity (Wildman–Crippen MR) is 80.6 cm³/mol. The minimum atomic E-state index is 0.135. The van der Waals surface area contributed by atoms with Crippen molar-refractivity contribution in [3.05, 3.63) is 23.7 Å². The second-order valence-corrected chi connectivity index (χ2v) is 6.66. The number of rotatable bonds is 5. The van der Waals surface area contributed by atoms with Gasteiger partial charge in [-0.3, -0.25) is 4.90 Å². The lowest BCUT2D eigenvalue weighted by atomic mass is 10.1. The molecule has 1 saturated heterocycles. The van der Waals surface area contributed by atoms with Gasteiger partial charge in [0, 0.05) is 30.7 Å². The van der Waals surface area contributed by atoms with Crippen LogP contribution in [0.3, 0.4) is 0 Å². The molecule has 0 radical (unpaired) electrons. The summed E-state index contributed by atoms with van der Waals surface area (Å²) in [5.74, 6) is 1.05. The van der Waals surface area contributed by atoms with Crippen LogP contribution in [0.2, 0.25) is 0 Å². The lowest BCUT2D eigenvalue weighted by Crippen LogP contribution is -2.41. The second kappa shape index (κ2) is 6.74. The Morgan fingerprint density at radius 1 is 1.40 bits per heavy atom. The van der Waals surface area contributed by atoms with Crippen LogP contribution in [-0.4, -0.2) is 36.2 Å². The zero-order chi connectivity index (χ0) is 14.6. The van der Waals surface area contributed by atoms with E-state index in [0.29, 0.717) is 6.10 Å². The van der Waals surface area contributed by atoms with Crippen molar-refractivity contribution in [1.29, 1.82) is 0 Å². The summed E-state index contributed by atoms with van der Waals surface area (Å²) in [7, 11) is 0. The smallest absolute Gasteiger partial charge is 0.118 e. The summed E-state index contributed by atoms with van der Waals surface area (Å²) in [4.78, 5) is 2.41. The summed E-state index contributed by atoms with van der Waals surface area (Å²) in [6.45, 7) is 13.3. The van der Waals surface area contributed by atoms with E-state index in [2.05, 4.69) is 44.0 Å². The zero-order valence-electron chi connectivity index (χ0n) is 13.2. The van der Waals surface area contributed by atoms with Crippen molar-refractivity contribution in [2.24, 2.45) is 0 Å². The Morgan fingerprint density at radius 3 is 2.90 bits per heavy atom. The first kappa shape index (κ1) is 15.5. The quantitative estimate of drug-likeness (QED) is 0.900. The molecule has 0 aromatic carbocycles. The van der Waals surface area contributed by atoms with Crippen molar-refractivity contribution in [2.45, 2.75) is 58.8 Å². The molecule has 2 heterocycles. The van der Waals surface area contributed by atoms with Crippen LogP contribution in [0.5, 0.6) is 0 Å². The largest absolute Gasteiger partial charge is 0.468 e. The predicted octanol–water partition coefficient (Wildman–Crippen LogP) is 2.78. The highest BCUT2D eigenvalue weighted by Crippen LogP contribution is 2.15. The molecule has 0 bridgehead atoms. The Morgan fingerprint density at radius 2 is 2.20 bits per heavy atom. The molecule has 20 heavy (non-hydrogen) atoms. The molecule has 1 N–H and O–H groups in total. The molecule has 2 rings (SSSR count). The van der Waals surface area contributed by atoms with Crippen LogP contribution in [0.1, 0.15) is 45.4 Å². The molecule has 1 unspecified atom stereocenters. The third-order valence-electron chi connectivity index (χ3n) is 3.59. The molecule has 1 aliphatic rings. The van der Waals surface area contributed by atoms with Gasteiger partial charge in [-0.15, -0.1) is 0 Å². The van der Waals surface area contributed by atoms with Crippen LogP contribution >= 0.6 is 0 Å².